The average Bonchev–Trinajstić information content (AvgIpc) is 2.96. The zero-order valence-corrected chi connectivity index (χ0v) is 14.7. The fourth-order valence-corrected chi connectivity index (χ4v) is 6.43. The molecule has 2 nitrogen and oxygen atoms in total. The van der Waals surface area contributed by atoms with Crippen LogP contribution in [0.3, 0.4) is 0 Å². The van der Waals surface area contributed by atoms with Crippen molar-refractivity contribution in [1.82, 2.24) is 0 Å². The molecule has 0 radical (unpaired) electrons. The number of aryl methyl sites for hydroxylation is 1. The monoisotopic (exact) mass is 312 g/mol. The Hall–Kier alpha value is -1.31. The van der Waals surface area contributed by atoms with Crippen LogP contribution in [0.15, 0.2) is 12.1 Å². The lowest BCUT2D eigenvalue weighted by atomic mass is 9.48. The largest absolute Gasteiger partial charge is 0.496 e. The summed E-state index contributed by atoms with van der Waals surface area (Å²) in [4.78, 5) is 11.5. The smallest absolute Gasteiger partial charge is 0.153 e. The maximum absolute atomic E-state index is 11.5. The minimum Gasteiger partial charge on any atom is -0.496 e. The molecule has 1 aromatic carbocycles. The lowest BCUT2D eigenvalue weighted by Crippen LogP contribution is -2.47. The lowest BCUT2D eigenvalue weighted by molar-refractivity contribution is -0.0178. The second-order valence-electron chi connectivity index (χ2n) is 8.61. The van der Waals surface area contributed by atoms with Crippen molar-refractivity contribution >= 4 is 6.29 Å². The van der Waals surface area contributed by atoms with Crippen molar-refractivity contribution < 1.29 is 9.53 Å². The molecule has 0 amide bonds. The molecular formula is C21H28O2. The van der Waals surface area contributed by atoms with Crippen LogP contribution in [0.1, 0.15) is 79.8 Å². The van der Waals surface area contributed by atoms with Crippen molar-refractivity contribution in [3.05, 3.63) is 28.8 Å². The zero-order valence-electron chi connectivity index (χ0n) is 14.7. The highest BCUT2D eigenvalue weighted by atomic mass is 16.5. The van der Waals surface area contributed by atoms with Crippen LogP contribution in [0, 0.1) is 16.7 Å². The predicted octanol–water partition coefficient (Wildman–Crippen LogP) is 5.14. The van der Waals surface area contributed by atoms with Gasteiger partial charge in [-0.1, -0.05) is 20.3 Å². The van der Waals surface area contributed by atoms with E-state index in [2.05, 4.69) is 26.0 Å². The summed E-state index contributed by atoms with van der Waals surface area (Å²) in [5.74, 6) is 2.21. The Bertz CT molecular complexity index is 649. The van der Waals surface area contributed by atoms with Gasteiger partial charge in [0.05, 0.1) is 12.7 Å². The molecule has 3 aliphatic carbocycles. The third-order valence-corrected chi connectivity index (χ3v) is 7.61. The Morgan fingerprint density at radius 3 is 2.74 bits per heavy atom. The number of hydrogen-bond acceptors (Lipinski definition) is 2. The Morgan fingerprint density at radius 1 is 1.17 bits per heavy atom. The van der Waals surface area contributed by atoms with Gasteiger partial charge in [-0.15, -0.1) is 0 Å². The Morgan fingerprint density at radius 2 is 2.00 bits per heavy atom. The quantitative estimate of drug-likeness (QED) is 0.706. The summed E-state index contributed by atoms with van der Waals surface area (Å²) in [5.41, 5.74) is 4.54. The molecule has 0 N–H and O–H groups in total. The molecule has 4 unspecified atom stereocenters. The summed E-state index contributed by atoms with van der Waals surface area (Å²) in [6.45, 7) is 5.07. The number of rotatable bonds is 2. The molecule has 4 rings (SSSR count). The van der Waals surface area contributed by atoms with E-state index in [1.54, 1.807) is 7.11 Å². The zero-order chi connectivity index (χ0) is 16.2. The molecule has 2 saturated carbocycles. The number of benzene rings is 1. The van der Waals surface area contributed by atoms with Gasteiger partial charge < -0.3 is 4.74 Å². The summed E-state index contributed by atoms with van der Waals surface area (Å²) in [5, 5.41) is 0. The number of fused-ring (bicyclic) bond motifs is 5. The van der Waals surface area contributed by atoms with Gasteiger partial charge in [0, 0.05) is 0 Å². The fourth-order valence-electron chi connectivity index (χ4n) is 6.43. The molecule has 0 saturated heterocycles. The Labute approximate surface area is 139 Å². The molecule has 2 heteroatoms. The first kappa shape index (κ1) is 15.2. The summed E-state index contributed by atoms with van der Waals surface area (Å²) >= 11 is 0. The van der Waals surface area contributed by atoms with Gasteiger partial charge in [-0.25, -0.2) is 0 Å². The van der Waals surface area contributed by atoms with Gasteiger partial charge in [0.2, 0.25) is 0 Å². The normalized spacial score (nSPS) is 38.4. The number of aldehydes is 1. The molecular weight excluding hydrogens is 284 g/mol. The van der Waals surface area contributed by atoms with Crippen LogP contribution in [0.4, 0.5) is 0 Å². The lowest BCUT2D eigenvalue weighted by Gasteiger charge is -2.56. The molecule has 0 aliphatic heterocycles. The third kappa shape index (κ3) is 2.03. The maximum Gasteiger partial charge on any atom is 0.153 e. The minimum atomic E-state index is 0.408. The van der Waals surface area contributed by atoms with Crippen LogP contribution in [-0.2, 0) is 6.42 Å². The van der Waals surface area contributed by atoms with Crippen LogP contribution in [0.5, 0.6) is 5.75 Å². The van der Waals surface area contributed by atoms with Crippen molar-refractivity contribution in [2.24, 2.45) is 16.7 Å². The van der Waals surface area contributed by atoms with E-state index >= 15 is 0 Å². The number of hydrogen-bond donors (Lipinski definition) is 0. The van der Waals surface area contributed by atoms with E-state index in [1.807, 2.05) is 0 Å². The maximum atomic E-state index is 11.5. The van der Waals surface area contributed by atoms with Gasteiger partial charge in [0.15, 0.2) is 6.29 Å². The van der Waals surface area contributed by atoms with Crippen molar-refractivity contribution in [1.29, 1.82) is 0 Å². The highest BCUT2D eigenvalue weighted by Crippen LogP contribution is 2.66. The van der Waals surface area contributed by atoms with Crippen LogP contribution < -0.4 is 4.74 Å². The van der Waals surface area contributed by atoms with E-state index in [0.29, 0.717) is 16.7 Å². The number of methoxy groups -OCH3 is 1. The SMILES string of the molecule is COc1cc2c(cc1C=O)C1CCC3(C)CCCC3C1(C)CC2. The number of carbonyl (C=O) groups is 1. The summed E-state index contributed by atoms with van der Waals surface area (Å²) in [6, 6.07) is 4.27. The van der Waals surface area contributed by atoms with E-state index in [4.69, 9.17) is 4.74 Å². The molecule has 4 atom stereocenters. The number of carbonyl (C=O) groups excluding carboxylic acids is 1. The van der Waals surface area contributed by atoms with Crippen LogP contribution in [-0.4, -0.2) is 13.4 Å². The second-order valence-corrected chi connectivity index (χ2v) is 8.61. The van der Waals surface area contributed by atoms with E-state index in [1.165, 1.54) is 49.7 Å². The fraction of sp³-hybridized carbons (Fsp3) is 0.667. The van der Waals surface area contributed by atoms with Crippen molar-refractivity contribution in [3.63, 3.8) is 0 Å². The van der Waals surface area contributed by atoms with Crippen molar-refractivity contribution in [2.45, 2.75) is 64.7 Å². The van der Waals surface area contributed by atoms with Gasteiger partial charge >= 0.3 is 0 Å². The molecule has 0 heterocycles. The Kier molecular flexibility index (Phi) is 3.37. The van der Waals surface area contributed by atoms with E-state index in [9.17, 15) is 4.79 Å². The molecule has 2 fully saturated rings. The molecule has 3 aliphatic rings. The molecule has 0 bridgehead atoms. The van der Waals surface area contributed by atoms with Gasteiger partial charge in [-0.3, -0.25) is 4.79 Å². The van der Waals surface area contributed by atoms with Crippen LogP contribution >= 0.6 is 0 Å². The van der Waals surface area contributed by atoms with Gasteiger partial charge in [-0.05, 0) is 84.5 Å². The van der Waals surface area contributed by atoms with Crippen molar-refractivity contribution in [3.8, 4) is 5.75 Å². The van der Waals surface area contributed by atoms with Crippen LogP contribution in [0.25, 0.3) is 0 Å². The topological polar surface area (TPSA) is 26.3 Å². The highest BCUT2D eigenvalue weighted by molar-refractivity contribution is 5.80. The van der Waals surface area contributed by atoms with Gasteiger partial charge in [0.25, 0.3) is 0 Å². The summed E-state index contributed by atoms with van der Waals surface area (Å²) < 4.78 is 5.42. The van der Waals surface area contributed by atoms with Crippen molar-refractivity contribution in [2.75, 3.05) is 7.11 Å². The first-order valence-electron chi connectivity index (χ1n) is 9.18. The average molecular weight is 312 g/mol. The second kappa shape index (κ2) is 5.09. The van der Waals surface area contributed by atoms with E-state index in [-0.39, 0.29) is 0 Å². The third-order valence-electron chi connectivity index (χ3n) is 7.61. The predicted molar refractivity (Wildman–Crippen MR) is 92.2 cm³/mol. The number of ether oxygens (including phenoxy) is 1. The first-order chi connectivity index (χ1) is 11.0. The van der Waals surface area contributed by atoms with Gasteiger partial charge in [-0.2, -0.15) is 0 Å². The molecule has 0 aromatic heterocycles. The van der Waals surface area contributed by atoms with Gasteiger partial charge in [0.1, 0.15) is 5.75 Å². The highest BCUT2D eigenvalue weighted by Gasteiger charge is 2.56. The molecule has 0 spiro atoms. The summed E-state index contributed by atoms with van der Waals surface area (Å²) in [6.07, 6.45) is 10.2. The van der Waals surface area contributed by atoms with Crippen LogP contribution in [0.2, 0.25) is 0 Å². The summed E-state index contributed by atoms with van der Waals surface area (Å²) in [7, 11) is 1.66. The van der Waals surface area contributed by atoms with E-state index in [0.717, 1.165) is 29.9 Å². The van der Waals surface area contributed by atoms with E-state index < -0.39 is 0 Å². The first-order valence-corrected chi connectivity index (χ1v) is 9.18. The molecule has 23 heavy (non-hydrogen) atoms. The molecule has 1 aromatic rings. The standard InChI is InChI=1S/C21H28O2/c1-20-8-4-5-19(20)21(2)10-6-14-12-18(23-3)15(13-22)11-16(14)17(21)7-9-20/h11-13,17,19H,4-10H2,1-3H3. The minimum absolute atomic E-state index is 0.408. The Balaban J connectivity index is 1.80. The molecule has 124 valence electrons.